The second-order valence-corrected chi connectivity index (χ2v) is 7.08. The van der Waals surface area contributed by atoms with Crippen LogP contribution in [-0.2, 0) is 6.54 Å². The van der Waals surface area contributed by atoms with Crippen molar-refractivity contribution in [2.24, 2.45) is 0 Å². The van der Waals surface area contributed by atoms with Gasteiger partial charge in [-0.2, -0.15) is 9.37 Å². The van der Waals surface area contributed by atoms with Gasteiger partial charge in [-0.05, 0) is 36.2 Å². The van der Waals surface area contributed by atoms with E-state index in [9.17, 15) is 27.6 Å². The first-order valence-electron chi connectivity index (χ1n) is 9.11. The van der Waals surface area contributed by atoms with Crippen molar-refractivity contribution in [1.82, 2.24) is 14.5 Å². The van der Waals surface area contributed by atoms with Crippen molar-refractivity contribution in [3.63, 3.8) is 0 Å². The summed E-state index contributed by atoms with van der Waals surface area (Å²) < 4.78 is 42.5. The molecule has 0 fully saturated rings. The molecule has 2 heterocycles. The Bertz CT molecular complexity index is 1300. The van der Waals surface area contributed by atoms with Crippen LogP contribution in [0.4, 0.5) is 24.8 Å². The number of hydrogen-bond donors (Lipinski definition) is 1. The van der Waals surface area contributed by atoms with Crippen LogP contribution in [0.1, 0.15) is 31.8 Å². The van der Waals surface area contributed by atoms with E-state index in [0.29, 0.717) is 5.56 Å². The van der Waals surface area contributed by atoms with Gasteiger partial charge in [0.05, 0.1) is 23.4 Å². The molecule has 10 heteroatoms. The minimum absolute atomic E-state index is 0.0620. The Kier molecular flexibility index (Phi) is 4.84. The highest BCUT2D eigenvalue weighted by Crippen LogP contribution is 2.30. The Labute approximate surface area is 173 Å². The van der Waals surface area contributed by atoms with Gasteiger partial charge in [-0.15, -0.1) is 0 Å². The highest BCUT2D eigenvalue weighted by atomic mass is 19.2. The summed E-state index contributed by atoms with van der Waals surface area (Å²) in [6, 6.07) is 6.87. The largest absolute Gasteiger partial charge is 0.325 e. The third-order valence-corrected chi connectivity index (χ3v) is 4.94. The number of imide groups is 1. The number of fused-ring (bicyclic) bond motifs is 1. The Balaban J connectivity index is 1.78. The molecule has 2 aromatic carbocycles. The van der Waals surface area contributed by atoms with Crippen LogP contribution in [0.5, 0.6) is 0 Å². The molecule has 3 aromatic rings. The molecule has 1 aromatic heterocycles. The SMILES string of the molecule is Cc1cc(Cn2cc(F)c(=O)nc2Nc2cccc3c2C(=O)N(C)C3=O)cc(F)c1F. The number of carbonyl (C=O) groups excluding carboxylic acids is 2. The summed E-state index contributed by atoms with van der Waals surface area (Å²) in [6.45, 7) is 1.24. The van der Waals surface area contributed by atoms with E-state index in [-0.39, 0.29) is 34.9 Å². The lowest BCUT2D eigenvalue weighted by Gasteiger charge is -2.16. The summed E-state index contributed by atoms with van der Waals surface area (Å²) in [7, 11) is 1.34. The molecule has 31 heavy (non-hydrogen) atoms. The molecule has 7 nitrogen and oxygen atoms in total. The fourth-order valence-corrected chi connectivity index (χ4v) is 3.40. The topological polar surface area (TPSA) is 84.3 Å². The second kappa shape index (κ2) is 7.38. The maximum atomic E-state index is 13.9. The van der Waals surface area contributed by atoms with E-state index in [2.05, 4.69) is 10.3 Å². The lowest BCUT2D eigenvalue weighted by Crippen LogP contribution is -2.24. The number of rotatable bonds is 4. The number of nitrogens with one attached hydrogen (secondary N) is 1. The number of carbonyl (C=O) groups is 2. The Hall–Kier alpha value is -3.95. The van der Waals surface area contributed by atoms with Gasteiger partial charge in [0.25, 0.3) is 11.8 Å². The van der Waals surface area contributed by atoms with Crippen LogP contribution in [0.3, 0.4) is 0 Å². The van der Waals surface area contributed by atoms with Crippen LogP contribution in [0.15, 0.2) is 41.3 Å². The molecule has 1 aliphatic rings. The van der Waals surface area contributed by atoms with Gasteiger partial charge in [-0.25, -0.2) is 8.78 Å². The zero-order valence-electron chi connectivity index (χ0n) is 16.4. The molecule has 158 valence electrons. The average Bonchev–Trinajstić information content (AvgIpc) is 2.95. The molecular formula is C21H15F3N4O3. The van der Waals surface area contributed by atoms with Gasteiger partial charge in [0.15, 0.2) is 11.6 Å². The summed E-state index contributed by atoms with van der Waals surface area (Å²) in [4.78, 5) is 41.1. The van der Waals surface area contributed by atoms with Crippen molar-refractivity contribution in [3.05, 3.63) is 86.6 Å². The lowest BCUT2D eigenvalue weighted by atomic mass is 10.1. The molecule has 4 rings (SSSR count). The Morgan fingerprint density at radius 1 is 1.03 bits per heavy atom. The van der Waals surface area contributed by atoms with E-state index in [1.807, 2.05) is 0 Å². The van der Waals surface area contributed by atoms with Gasteiger partial charge >= 0.3 is 5.56 Å². The normalized spacial score (nSPS) is 13.0. The Morgan fingerprint density at radius 3 is 2.48 bits per heavy atom. The van der Waals surface area contributed by atoms with Gasteiger partial charge in [-0.3, -0.25) is 19.3 Å². The molecule has 0 saturated carbocycles. The molecule has 0 aliphatic carbocycles. The number of anilines is 2. The van der Waals surface area contributed by atoms with E-state index in [0.717, 1.165) is 17.2 Å². The van der Waals surface area contributed by atoms with Gasteiger partial charge < -0.3 is 9.88 Å². The van der Waals surface area contributed by atoms with E-state index in [4.69, 9.17) is 0 Å². The molecule has 2 amide bonds. The van der Waals surface area contributed by atoms with Crippen LogP contribution < -0.4 is 10.9 Å². The number of aryl methyl sites for hydroxylation is 1. The molecule has 1 N–H and O–H groups in total. The number of benzene rings is 2. The van der Waals surface area contributed by atoms with E-state index < -0.39 is 34.8 Å². The first-order valence-corrected chi connectivity index (χ1v) is 9.11. The molecule has 0 atom stereocenters. The molecule has 0 radical (unpaired) electrons. The van der Waals surface area contributed by atoms with E-state index >= 15 is 0 Å². The summed E-state index contributed by atoms with van der Waals surface area (Å²) in [5.41, 5.74) is -0.338. The lowest BCUT2D eigenvalue weighted by molar-refractivity contribution is 0.0693. The summed E-state index contributed by atoms with van der Waals surface area (Å²) in [5, 5.41) is 2.79. The second-order valence-electron chi connectivity index (χ2n) is 7.08. The van der Waals surface area contributed by atoms with Crippen molar-refractivity contribution in [1.29, 1.82) is 0 Å². The van der Waals surface area contributed by atoms with E-state index in [1.54, 1.807) is 0 Å². The predicted molar refractivity (Wildman–Crippen MR) is 105 cm³/mol. The van der Waals surface area contributed by atoms with Crippen molar-refractivity contribution >= 4 is 23.5 Å². The third-order valence-electron chi connectivity index (χ3n) is 4.94. The zero-order valence-corrected chi connectivity index (χ0v) is 16.4. The number of amides is 2. The van der Waals surface area contributed by atoms with Gasteiger partial charge in [0.2, 0.25) is 11.8 Å². The number of hydrogen-bond acceptors (Lipinski definition) is 5. The fraction of sp³-hybridized carbons (Fsp3) is 0.143. The molecule has 0 bridgehead atoms. The average molecular weight is 428 g/mol. The van der Waals surface area contributed by atoms with Crippen LogP contribution >= 0.6 is 0 Å². The van der Waals surface area contributed by atoms with Crippen LogP contribution in [-0.4, -0.2) is 33.3 Å². The van der Waals surface area contributed by atoms with Gasteiger partial charge in [-0.1, -0.05) is 12.1 Å². The van der Waals surface area contributed by atoms with Crippen molar-refractivity contribution < 1.29 is 22.8 Å². The maximum Gasteiger partial charge on any atom is 0.310 e. The van der Waals surface area contributed by atoms with E-state index in [1.165, 1.54) is 42.8 Å². The third kappa shape index (κ3) is 3.45. The smallest absolute Gasteiger partial charge is 0.310 e. The summed E-state index contributed by atoms with van der Waals surface area (Å²) in [5.74, 6) is -4.36. The molecular weight excluding hydrogens is 413 g/mol. The van der Waals surface area contributed by atoms with Gasteiger partial charge in [0.1, 0.15) is 0 Å². The zero-order chi connectivity index (χ0) is 22.4. The fourth-order valence-electron chi connectivity index (χ4n) is 3.40. The van der Waals surface area contributed by atoms with Crippen LogP contribution in [0.2, 0.25) is 0 Å². The minimum atomic E-state index is -1.15. The summed E-state index contributed by atoms with van der Waals surface area (Å²) >= 11 is 0. The van der Waals surface area contributed by atoms with Gasteiger partial charge in [0, 0.05) is 13.2 Å². The summed E-state index contributed by atoms with van der Waals surface area (Å²) in [6.07, 6.45) is 0.872. The first-order chi connectivity index (χ1) is 14.7. The maximum absolute atomic E-state index is 13.9. The number of halogens is 3. The molecule has 0 spiro atoms. The highest BCUT2D eigenvalue weighted by molar-refractivity contribution is 6.23. The number of aromatic nitrogens is 2. The van der Waals surface area contributed by atoms with Crippen LogP contribution in [0.25, 0.3) is 0 Å². The Morgan fingerprint density at radius 2 is 1.77 bits per heavy atom. The molecule has 0 saturated heterocycles. The van der Waals surface area contributed by atoms with Crippen LogP contribution in [0, 0.1) is 24.4 Å². The quantitative estimate of drug-likeness (QED) is 0.646. The molecule has 1 aliphatic heterocycles. The minimum Gasteiger partial charge on any atom is -0.325 e. The van der Waals surface area contributed by atoms with Crippen molar-refractivity contribution in [3.8, 4) is 0 Å². The number of nitrogens with zero attached hydrogens (tertiary/aromatic N) is 3. The highest BCUT2D eigenvalue weighted by Gasteiger charge is 2.35. The monoisotopic (exact) mass is 428 g/mol. The standard InChI is InChI=1S/C21H15F3N4O3/c1-10-6-11(7-13(22)17(10)24)8-28-9-14(23)18(29)26-21(28)25-15-5-3-4-12-16(15)20(31)27(2)19(12)30/h3-7,9H,8H2,1-2H3,(H,25,26,29). The van der Waals surface area contributed by atoms with Crippen molar-refractivity contribution in [2.45, 2.75) is 13.5 Å². The first kappa shape index (κ1) is 20.3. The predicted octanol–water partition coefficient (Wildman–Crippen LogP) is 2.99. The van der Waals surface area contributed by atoms with Crippen molar-refractivity contribution in [2.75, 3.05) is 12.4 Å². The molecule has 0 unspecified atom stereocenters.